The summed E-state index contributed by atoms with van der Waals surface area (Å²) in [5.74, 6) is 1.24. The van der Waals surface area contributed by atoms with Crippen LogP contribution >= 0.6 is 0 Å². The third kappa shape index (κ3) is 6.02. The molecule has 1 amide bonds. The van der Waals surface area contributed by atoms with E-state index < -0.39 is 0 Å². The number of aliphatic hydroxyl groups is 1. The van der Waals surface area contributed by atoms with Crippen LogP contribution in [0.25, 0.3) is 11.0 Å². The molecule has 1 aliphatic rings. The number of H-pyrrole nitrogens is 1. The van der Waals surface area contributed by atoms with Crippen molar-refractivity contribution in [3.8, 4) is 0 Å². The zero-order chi connectivity index (χ0) is 23.4. The average Bonchev–Trinajstić information content (AvgIpc) is 3.17. The maximum Gasteiger partial charge on any atom is 0.220 e. The van der Waals surface area contributed by atoms with Gasteiger partial charge in [0, 0.05) is 19.4 Å². The number of fused-ring (bicyclic) bond motifs is 1. The molecule has 0 unspecified atom stereocenters. The summed E-state index contributed by atoms with van der Waals surface area (Å²) in [6, 6.07) is 14.7. The minimum Gasteiger partial charge on any atom is -0.393 e. The molecule has 0 aliphatic heterocycles. The van der Waals surface area contributed by atoms with Crippen molar-refractivity contribution in [2.24, 2.45) is 5.41 Å². The van der Waals surface area contributed by atoms with Crippen LogP contribution in [0.1, 0.15) is 73.9 Å². The lowest BCUT2D eigenvalue weighted by Crippen LogP contribution is -2.38. The molecular formula is C28H37N3O2. The summed E-state index contributed by atoms with van der Waals surface area (Å²) in [5, 5.41) is 13.6. The minimum atomic E-state index is -0.245. The molecule has 3 aromatic rings. The molecule has 5 nitrogen and oxygen atoms in total. The first-order valence-electron chi connectivity index (χ1n) is 12.3. The third-order valence-electron chi connectivity index (χ3n) is 7.33. The Labute approximate surface area is 197 Å². The van der Waals surface area contributed by atoms with Crippen molar-refractivity contribution >= 4 is 16.9 Å². The number of aliphatic hydroxyl groups excluding tert-OH is 1. The van der Waals surface area contributed by atoms with Crippen molar-refractivity contribution in [3.63, 3.8) is 0 Å². The summed E-state index contributed by atoms with van der Waals surface area (Å²) >= 11 is 0. The van der Waals surface area contributed by atoms with E-state index in [1.165, 1.54) is 16.7 Å². The molecular weight excluding hydrogens is 410 g/mol. The second-order valence-electron chi connectivity index (χ2n) is 10.3. The van der Waals surface area contributed by atoms with E-state index in [2.05, 4.69) is 72.5 Å². The summed E-state index contributed by atoms with van der Waals surface area (Å²) in [5.41, 5.74) is 5.77. The van der Waals surface area contributed by atoms with Crippen LogP contribution in [0.3, 0.4) is 0 Å². The predicted octanol–water partition coefficient (Wildman–Crippen LogP) is 5.34. The number of carbonyl (C=O) groups excluding carboxylic acids is 1. The number of benzene rings is 2. The van der Waals surface area contributed by atoms with Crippen molar-refractivity contribution < 1.29 is 9.90 Å². The van der Waals surface area contributed by atoms with Crippen LogP contribution in [0.15, 0.2) is 42.5 Å². The van der Waals surface area contributed by atoms with Gasteiger partial charge in [-0.2, -0.15) is 0 Å². The Morgan fingerprint density at radius 2 is 1.97 bits per heavy atom. The van der Waals surface area contributed by atoms with E-state index in [4.69, 9.17) is 0 Å². The van der Waals surface area contributed by atoms with E-state index in [-0.39, 0.29) is 17.4 Å². The number of nitrogens with one attached hydrogen (secondary N) is 2. The Morgan fingerprint density at radius 3 is 2.76 bits per heavy atom. The highest BCUT2D eigenvalue weighted by molar-refractivity contribution is 5.78. The topological polar surface area (TPSA) is 78.0 Å². The van der Waals surface area contributed by atoms with Crippen LogP contribution < -0.4 is 5.32 Å². The first-order valence-corrected chi connectivity index (χ1v) is 12.3. The predicted molar refractivity (Wildman–Crippen MR) is 133 cm³/mol. The van der Waals surface area contributed by atoms with Crippen LogP contribution in [-0.4, -0.2) is 33.6 Å². The highest BCUT2D eigenvalue weighted by atomic mass is 16.3. The van der Waals surface area contributed by atoms with Crippen LogP contribution in [-0.2, 0) is 11.2 Å². The molecule has 0 bridgehead atoms. The lowest BCUT2D eigenvalue weighted by molar-refractivity contribution is -0.121. The van der Waals surface area contributed by atoms with Gasteiger partial charge in [0.1, 0.15) is 5.82 Å². The molecule has 33 heavy (non-hydrogen) atoms. The molecule has 1 saturated carbocycles. The van der Waals surface area contributed by atoms with Gasteiger partial charge in [-0.25, -0.2) is 4.98 Å². The molecule has 0 radical (unpaired) electrons. The molecule has 1 aromatic heterocycles. The number of aromatic nitrogens is 2. The lowest BCUT2D eigenvalue weighted by Gasteiger charge is -2.37. The zero-order valence-corrected chi connectivity index (χ0v) is 20.2. The first-order chi connectivity index (χ1) is 15.8. The summed E-state index contributed by atoms with van der Waals surface area (Å²) in [6.07, 6.45) is 5.38. The van der Waals surface area contributed by atoms with Crippen molar-refractivity contribution in [3.05, 3.63) is 65.0 Å². The van der Waals surface area contributed by atoms with Gasteiger partial charge in [-0.1, -0.05) is 43.7 Å². The van der Waals surface area contributed by atoms with E-state index >= 15 is 0 Å². The van der Waals surface area contributed by atoms with Gasteiger partial charge in [0.15, 0.2) is 0 Å². The van der Waals surface area contributed by atoms with E-state index in [1.807, 2.05) is 6.07 Å². The SMILES string of the molecule is Cc1cc2nc(CCC(=O)NC[C@]3(C)CCC[C@@H](O)C[C@H](c4ccccc4)C3)[nH]c2cc1C. The van der Waals surface area contributed by atoms with Crippen LogP contribution in [0.5, 0.6) is 0 Å². The molecule has 1 heterocycles. The molecule has 176 valence electrons. The van der Waals surface area contributed by atoms with E-state index in [1.54, 1.807) is 0 Å². The molecule has 5 heteroatoms. The number of nitrogens with zero attached hydrogens (tertiary/aromatic N) is 1. The second-order valence-corrected chi connectivity index (χ2v) is 10.3. The average molecular weight is 448 g/mol. The molecule has 2 aromatic carbocycles. The van der Waals surface area contributed by atoms with Gasteiger partial charge in [0.25, 0.3) is 0 Å². The van der Waals surface area contributed by atoms with Gasteiger partial charge >= 0.3 is 0 Å². The summed E-state index contributed by atoms with van der Waals surface area (Å²) < 4.78 is 0. The number of aryl methyl sites for hydroxylation is 3. The van der Waals surface area contributed by atoms with E-state index in [0.717, 1.165) is 49.0 Å². The Morgan fingerprint density at radius 1 is 1.21 bits per heavy atom. The normalized spacial score (nSPS) is 23.8. The molecule has 3 N–H and O–H groups in total. The Kier molecular flexibility index (Phi) is 7.18. The number of rotatable bonds is 6. The fourth-order valence-electron chi connectivity index (χ4n) is 5.20. The molecule has 1 aliphatic carbocycles. The zero-order valence-electron chi connectivity index (χ0n) is 20.2. The standard InChI is InChI=1S/C28H37N3O2/c1-19-14-24-25(15-20(19)2)31-26(30-24)11-12-27(33)29-18-28(3)13-7-10-23(32)16-22(17-28)21-8-5-4-6-9-21/h4-6,8-9,14-15,22-23,32H,7,10-13,16-18H2,1-3H3,(H,29,33)(H,30,31)/t22-,23+,28+/m0/s1. The monoisotopic (exact) mass is 447 g/mol. The number of hydrogen-bond acceptors (Lipinski definition) is 3. The van der Waals surface area contributed by atoms with Crippen LogP contribution in [0.2, 0.25) is 0 Å². The van der Waals surface area contributed by atoms with Gasteiger partial charge < -0.3 is 15.4 Å². The highest BCUT2D eigenvalue weighted by Gasteiger charge is 2.32. The van der Waals surface area contributed by atoms with Crippen LogP contribution in [0, 0.1) is 19.3 Å². The number of imidazole rings is 1. The van der Waals surface area contributed by atoms with Crippen molar-refractivity contribution in [2.45, 2.75) is 77.7 Å². The maximum absolute atomic E-state index is 12.7. The summed E-state index contributed by atoms with van der Waals surface area (Å²) in [7, 11) is 0. The number of hydrogen-bond donors (Lipinski definition) is 3. The smallest absolute Gasteiger partial charge is 0.220 e. The van der Waals surface area contributed by atoms with Gasteiger partial charge in [-0.15, -0.1) is 0 Å². The molecule has 3 atom stereocenters. The van der Waals surface area contributed by atoms with Gasteiger partial charge in [0.05, 0.1) is 17.1 Å². The van der Waals surface area contributed by atoms with Crippen molar-refractivity contribution in [1.29, 1.82) is 0 Å². The van der Waals surface area contributed by atoms with Crippen molar-refractivity contribution in [1.82, 2.24) is 15.3 Å². The molecule has 0 saturated heterocycles. The fraction of sp³-hybridized carbons (Fsp3) is 0.500. The lowest BCUT2D eigenvalue weighted by atomic mass is 9.71. The second kappa shape index (κ2) is 10.1. The van der Waals surface area contributed by atoms with E-state index in [0.29, 0.717) is 25.3 Å². The quantitative estimate of drug-likeness (QED) is 0.477. The van der Waals surface area contributed by atoms with Gasteiger partial charge in [0.2, 0.25) is 5.91 Å². The van der Waals surface area contributed by atoms with E-state index in [9.17, 15) is 9.90 Å². The molecule has 0 spiro atoms. The molecule has 1 fully saturated rings. The first kappa shape index (κ1) is 23.5. The Balaban J connectivity index is 1.35. The highest BCUT2D eigenvalue weighted by Crippen LogP contribution is 2.40. The molecule has 4 rings (SSSR count). The maximum atomic E-state index is 12.7. The summed E-state index contributed by atoms with van der Waals surface area (Å²) in [6.45, 7) is 7.14. The Bertz CT molecular complexity index is 1050. The number of carbonyl (C=O) groups is 1. The van der Waals surface area contributed by atoms with Crippen LogP contribution in [0.4, 0.5) is 0 Å². The van der Waals surface area contributed by atoms with Crippen molar-refractivity contribution in [2.75, 3.05) is 6.54 Å². The fourth-order valence-corrected chi connectivity index (χ4v) is 5.20. The summed E-state index contributed by atoms with van der Waals surface area (Å²) in [4.78, 5) is 20.7. The minimum absolute atomic E-state index is 0.0186. The number of amides is 1. The largest absolute Gasteiger partial charge is 0.393 e. The Hall–Kier alpha value is -2.66. The third-order valence-corrected chi connectivity index (χ3v) is 7.33. The van der Waals surface area contributed by atoms with Gasteiger partial charge in [-0.3, -0.25) is 4.79 Å². The van der Waals surface area contributed by atoms with Gasteiger partial charge in [-0.05, 0) is 79.7 Å². The number of aromatic amines is 1.